The van der Waals surface area contributed by atoms with E-state index in [4.69, 9.17) is 33.0 Å². The average molecular weight is 607 g/mol. The second-order valence-electron chi connectivity index (χ2n) is 9.70. The van der Waals surface area contributed by atoms with Crippen LogP contribution in [0.15, 0.2) is 66.7 Å². The van der Waals surface area contributed by atoms with E-state index in [1.807, 2.05) is 0 Å². The number of aliphatic hydroxyl groups is 2. The van der Waals surface area contributed by atoms with Crippen LogP contribution in [0.1, 0.15) is 71.7 Å². The molecule has 41 heavy (non-hydrogen) atoms. The summed E-state index contributed by atoms with van der Waals surface area (Å²) in [5.41, 5.74) is 2.63. The van der Waals surface area contributed by atoms with Crippen molar-refractivity contribution in [3.8, 4) is 5.75 Å². The zero-order valence-corrected chi connectivity index (χ0v) is 24.8. The lowest BCUT2D eigenvalue weighted by atomic mass is 10.1. The molecule has 0 saturated heterocycles. The Morgan fingerprint density at radius 2 is 1.51 bits per heavy atom. The van der Waals surface area contributed by atoms with E-state index in [-0.39, 0.29) is 17.9 Å². The number of benzene rings is 3. The summed E-state index contributed by atoms with van der Waals surface area (Å²) in [5, 5.41) is 41.4. The molecule has 9 heteroatoms. The molecular formula is C32H41Cl2NO6. The van der Waals surface area contributed by atoms with Crippen molar-refractivity contribution in [2.24, 2.45) is 0 Å². The van der Waals surface area contributed by atoms with Gasteiger partial charge in [0.25, 0.3) is 0 Å². The number of aliphatic hydroxyl groups excluding tert-OH is 2. The van der Waals surface area contributed by atoms with Gasteiger partial charge >= 0.3 is 5.97 Å². The molecule has 5 N–H and O–H groups in total. The molecule has 0 spiro atoms. The van der Waals surface area contributed by atoms with Gasteiger partial charge in [0.15, 0.2) is 0 Å². The van der Waals surface area contributed by atoms with Crippen LogP contribution in [0.4, 0.5) is 0 Å². The van der Waals surface area contributed by atoms with Crippen molar-refractivity contribution in [3.63, 3.8) is 0 Å². The third-order valence-corrected chi connectivity index (χ3v) is 6.78. The first-order valence-electron chi connectivity index (χ1n) is 13.9. The van der Waals surface area contributed by atoms with Crippen molar-refractivity contribution in [2.75, 3.05) is 26.3 Å². The number of carboxylic acid groups (broad SMARTS) is 1. The number of rotatable bonds is 17. The number of aromatic carboxylic acids is 1. The summed E-state index contributed by atoms with van der Waals surface area (Å²) >= 11 is 11.1. The zero-order valence-electron chi connectivity index (χ0n) is 23.3. The number of halogens is 2. The number of aryl methyl sites for hydroxylation is 1. The molecular weight excluding hydrogens is 565 g/mol. The van der Waals surface area contributed by atoms with E-state index in [1.165, 1.54) is 36.2 Å². The number of aromatic hydroxyl groups is 1. The highest BCUT2D eigenvalue weighted by Gasteiger charge is 2.10. The summed E-state index contributed by atoms with van der Waals surface area (Å²) in [6.45, 7) is 2.77. The summed E-state index contributed by atoms with van der Waals surface area (Å²) in [5.74, 6) is -0.980. The Morgan fingerprint density at radius 1 is 0.854 bits per heavy atom. The zero-order chi connectivity index (χ0) is 29.9. The van der Waals surface area contributed by atoms with Gasteiger partial charge in [-0.15, -0.1) is 0 Å². The number of ether oxygens (including phenoxy) is 1. The van der Waals surface area contributed by atoms with Crippen molar-refractivity contribution in [2.45, 2.75) is 57.7 Å². The molecule has 0 aliphatic rings. The maximum absolute atomic E-state index is 10.4. The van der Waals surface area contributed by atoms with E-state index >= 15 is 0 Å². The van der Waals surface area contributed by atoms with Crippen molar-refractivity contribution in [3.05, 3.63) is 99.0 Å². The van der Waals surface area contributed by atoms with Crippen LogP contribution in [0.25, 0.3) is 0 Å². The number of hydrogen-bond donors (Lipinski definition) is 5. The average Bonchev–Trinajstić information content (AvgIpc) is 2.96. The molecule has 7 nitrogen and oxygen atoms in total. The molecule has 1 atom stereocenters. The van der Waals surface area contributed by atoms with E-state index in [0.717, 1.165) is 58.3 Å². The Bertz CT molecular complexity index is 1140. The molecule has 0 fully saturated rings. The Balaban J connectivity index is 0.000000446. The van der Waals surface area contributed by atoms with Gasteiger partial charge in [-0.05, 0) is 80.1 Å². The smallest absolute Gasteiger partial charge is 0.335 e. The van der Waals surface area contributed by atoms with Crippen LogP contribution in [0.2, 0.25) is 10.0 Å². The lowest BCUT2D eigenvalue weighted by Gasteiger charge is -2.14. The molecule has 3 aromatic rings. The molecule has 0 amide bonds. The first-order chi connectivity index (χ1) is 19.8. The quantitative estimate of drug-likeness (QED) is 0.107. The molecule has 1 unspecified atom stereocenters. The van der Waals surface area contributed by atoms with Gasteiger partial charge in [0, 0.05) is 35.4 Å². The fourth-order valence-electron chi connectivity index (χ4n) is 4.06. The first kappa shape index (κ1) is 34.6. The SMILES string of the molecule is O=C(O)c1cc(Cl)cc(Cl)c1.OCc1cc(C(O)CNCCCCCCOCCCCc2ccccc2)ccc1O. The minimum Gasteiger partial charge on any atom is -0.508 e. The Labute approximate surface area is 252 Å². The minimum atomic E-state index is -1.03. The Morgan fingerprint density at radius 3 is 2.17 bits per heavy atom. The second kappa shape index (κ2) is 20.3. The van der Waals surface area contributed by atoms with E-state index in [9.17, 15) is 20.1 Å². The lowest BCUT2D eigenvalue weighted by molar-refractivity contribution is 0.0697. The van der Waals surface area contributed by atoms with Crippen LogP contribution in [0, 0.1) is 0 Å². The number of hydrogen-bond acceptors (Lipinski definition) is 6. The van der Waals surface area contributed by atoms with Crippen molar-refractivity contribution in [1.82, 2.24) is 5.32 Å². The fourth-order valence-corrected chi connectivity index (χ4v) is 4.59. The van der Waals surface area contributed by atoms with Crippen LogP contribution in [-0.4, -0.2) is 52.7 Å². The molecule has 0 bridgehead atoms. The lowest BCUT2D eigenvalue weighted by Crippen LogP contribution is -2.22. The van der Waals surface area contributed by atoms with Gasteiger partial charge in [0.2, 0.25) is 0 Å². The minimum absolute atomic E-state index is 0.0533. The number of carboxylic acids is 1. The maximum Gasteiger partial charge on any atom is 0.335 e. The molecule has 0 saturated carbocycles. The van der Waals surface area contributed by atoms with Crippen LogP contribution < -0.4 is 5.32 Å². The molecule has 0 heterocycles. The summed E-state index contributed by atoms with van der Waals surface area (Å²) in [6.07, 6.45) is 7.24. The highest BCUT2D eigenvalue weighted by atomic mass is 35.5. The van der Waals surface area contributed by atoms with Gasteiger partial charge in [-0.3, -0.25) is 0 Å². The number of unbranched alkanes of at least 4 members (excludes halogenated alkanes) is 4. The fraction of sp³-hybridized carbons (Fsp3) is 0.406. The summed E-state index contributed by atoms with van der Waals surface area (Å²) in [4.78, 5) is 10.4. The number of phenols is 1. The van der Waals surface area contributed by atoms with Gasteiger partial charge in [0.1, 0.15) is 5.75 Å². The Hall–Kier alpha value is -2.65. The normalized spacial score (nSPS) is 11.5. The largest absolute Gasteiger partial charge is 0.508 e. The van der Waals surface area contributed by atoms with Gasteiger partial charge in [-0.2, -0.15) is 0 Å². The third kappa shape index (κ3) is 14.7. The molecule has 0 radical (unpaired) electrons. The highest BCUT2D eigenvalue weighted by molar-refractivity contribution is 6.35. The van der Waals surface area contributed by atoms with E-state index in [2.05, 4.69) is 35.6 Å². The predicted molar refractivity (Wildman–Crippen MR) is 164 cm³/mol. The molecule has 0 aliphatic heterocycles. The second-order valence-corrected chi connectivity index (χ2v) is 10.6. The van der Waals surface area contributed by atoms with Gasteiger partial charge in [-0.25, -0.2) is 4.79 Å². The van der Waals surface area contributed by atoms with Crippen molar-refractivity contribution >= 4 is 29.2 Å². The summed E-state index contributed by atoms with van der Waals surface area (Å²) < 4.78 is 5.72. The molecule has 3 aromatic carbocycles. The Kier molecular flexibility index (Phi) is 17.1. The topological polar surface area (TPSA) is 119 Å². The van der Waals surface area contributed by atoms with Gasteiger partial charge in [0.05, 0.1) is 18.3 Å². The van der Waals surface area contributed by atoms with E-state index in [0.29, 0.717) is 27.7 Å². The van der Waals surface area contributed by atoms with Crippen molar-refractivity contribution in [1.29, 1.82) is 0 Å². The number of nitrogens with one attached hydrogen (secondary N) is 1. The monoisotopic (exact) mass is 605 g/mol. The molecule has 0 aromatic heterocycles. The van der Waals surface area contributed by atoms with E-state index in [1.54, 1.807) is 12.1 Å². The molecule has 3 rings (SSSR count). The summed E-state index contributed by atoms with van der Waals surface area (Å²) in [7, 11) is 0. The highest BCUT2D eigenvalue weighted by Crippen LogP contribution is 2.22. The number of carbonyl (C=O) groups is 1. The van der Waals surface area contributed by atoms with Crippen molar-refractivity contribution < 1.29 is 30.0 Å². The molecule has 0 aliphatic carbocycles. The molecule has 224 valence electrons. The third-order valence-electron chi connectivity index (χ3n) is 6.35. The standard InChI is InChI=1S/C25H37NO4.C7H4Cl2O2/c27-20-23-18-22(13-14-24(23)28)25(29)19-26-15-7-1-2-8-16-30-17-9-6-12-21-10-4-3-5-11-21;8-5-1-4(7(10)11)2-6(9)3-5/h3-5,10-11,13-14,18,25-29H,1-2,6-9,12,15-17,19-20H2;1-3H,(H,10,11). The van der Waals surface area contributed by atoms with Crippen LogP contribution >= 0.6 is 23.2 Å². The van der Waals surface area contributed by atoms with Crippen LogP contribution in [0.5, 0.6) is 5.75 Å². The first-order valence-corrected chi connectivity index (χ1v) is 14.7. The predicted octanol–water partition coefficient (Wildman–Crippen LogP) is 6.80. The maximum atomic E-state index is 10.4. The van der Waals surface area contributed by atoms with Gasteiger partial charge in [-0.1, -0.05) is 72.4 Å². The summed E-state index contributed by atoms with van der Waals surface area (Å²) in [6, 6.07) is 19.6. The van der Waals surface area contributed by atoms with E-state index < -0.39 is 12.1 Å². The van der Waals surface area contributed by atoms with Gasteiger partial charge < -0.3 is 30.5 Å². The van der Waals surface area contributed by atoms with Crippen LogP contribution in [-0.2, 0) is 17.8 Å². The van der Waals surface area contributed by atoms with Crippen LogP contribution in [0.3, 0.4) is 0 Å².